The maximum atomic E-state index is 14.5. The Labute approximate surface area is 180 Å². The Balaban J connectivity index is 1.67. The highest BCUT2D eigenvalue weighted by Crippen LogP contribution is 2.32. The first kappa shape index (κ1) is 22.3. The minimum atomic E-state index is -0.883. The molecule has 2 aromatic carbocycles. The first-order valence-electron chi connectivity index (χ1n) is 9.12. The number of amides is 3. The molecule has 3 aromatic rings. The van der Waals surface area contributed by atoms with Crippen LogP contribution in [0.3, 0.4) is 0 Å². The monoisotopic (exact) mass is 442 g/mol. The fraction of sp³-hybridized carbons (Fsp3) is 0.0952. The highest BCUT2D eigenvalue weighted by molar-refractivity contribution is 6.02. The molecule has 0 aliphatic rings. The van der Waals surface area contributed by atoms with Gasteiger partial charge in [0, 0.05) is 31.1 Å². The summed E-state index contributed by atoms with van der Waals surface area (Å²) in [5.74, 6) is -2.46. The predicted octanol–water partition coefficient (Wildman–Crippen LogP) is 3.98. The van der Waals surface area contributed by atoms with Gasteiger partial charge in [-0.1, -0.05) is 12.1 Å². The summed E-state index contributed by atoms with van der Waals surface area (Å²) in [6, 6.07) is 9.16. The lowest BCUT2D eigenvalue weighted by molar-refractivity contribution is -0.386. The third-order valence-corrected chi connectivity index (χ3v) is 4.31. The van der Waals surface area contributed by atoms with Crippen LogP contribution in [0.5, 0.6) is 11.5 Å². The van der Waals surface area contributed by atoms with Crippen molar-refractivity contribution < 1.29 is 28.0 Å². The van der Waals surface area contributed by atoms with Crippen molar-refractivity contribution in [3.8, 4) is 11.5 Å². The largest absolute Gasteiger partial charge is 0.447 e. The zero-order chi connectivity index (χ0) is 23.3. The number of imide groups is 1. The number of nitrogens with one attached hydrogen (secondary N) is 1. The van der Waals surface area contributed by atoms with Crippen LogP contribution in [-0.4, -0.2) is 28.9 Å². The molecular formula is C21H16F2N4O5. The third kappa shape index (κ3) is 5.39. The van der Waals surface area contributed by atoms with E-state index in [0.717, 1.165) is 17.2 Å². The molecule has 1 N–H and O–H groups in total. The number of pyridine rings is 1. The lowest BCUT2D eigenvalue weighted by atomic mass is 10.1. The summed E-state index contributed by atoms with van der Waals surface area (Å²) in [7, 11) is 1.32. The van der Waals surface area contributed by atoms with E-state index in [2.05, 4.69) is 10.3 Å². The van der Waals surface area contributed by atoms with Crippen LogP contribution in [0.2, 0.25) is 0 Å². The van der Waals surface area contributed by atoms with Gasteiger partial charge in [-0.3, -0.25) is 30.1 Å². The summed E-state index contributed by atoms with van der Waals surface area (Å²) in [6.45, 7) is 0. The van der Waals surface area contributed by atoms with Gasteiger partial charge in [-0.2, -0.15) is 0 Å². The first-order chi connectivity index (χ1) is 15.2. The molecule has 0 atom stereocenters. The Morgan fingerprint density at radius 1 is 1.12 bits per heavy atom. The summed E-state index contributed by atoms with van der Waals surface area (Å²) >= 11 is 0. The molecule has 0 aliphatic carbocycles. The number of rotatable bonds is 6. The number of hydrogen-bond donors (Lipinski definition) is 1. The van der Waals surface area contributed by atoms with E-state index in [9.17, 15) is 28.5 Å². The van der Waals surface area contributed by atoms with Crippen molar-refractivity contribution >= 4 is 23.3 Å². The average molecular weight is 442 g/mol. The highest BCUT2D eigenvalue weighted by Gasteiger charge is 2.19. The fourth-order valence-electron chi connectivity index (χ4n) is 2.65. The van der Waals surface area contributed by atoms with Crippen molar-refractivity contribution in [2.24, 2.45) is 0 Å². The fourth-order valence-corrected chi connectivity index (χ4v) is 2.65. The van der Waals surface area contributed by atoms with Crippen molar-refractivity contribution in [1.29, 1.82) is 0 Å². The lowest BCUT2D eigenvalue weighted by Crippen LogP contribution is -2.41. The van der Waals surface area contributed by atoms with Crippen LogP contribution in [0.1, 0.15) is 5.56 Å². The van der Waals surface area contributed by atoms with E-state index in [0.29, 0.717) is 5.56 Å². The molecule has 3 rings (SSSR count). The van der Waals surface area contributed by atoms with Gasteiger partial charge >= 0.3 is 11.7 Å². The molecule has 11 heteroatoms. The number of carbonyl (C=O) groups excluding carboxylic acids is 2. The van der Waals surface area contributed by atoms with Gasteiger partial charge in [-0.15, -0.1) is 0 Å². The highest BCUT2D eigenvalue weighted by atomic mass is 19.1. The Morgan fingerprint density at radius 3 is 2.50 bits per heavy atom. The molecule has 1 heterocycles. The van der Waals surface area contributed by atoms with Gasteiger partial charge in [-0.25, -0.2) is 13.6 Å². The van der Waals surface area contributed by atoms with Gasteiger partial charge in [0.05, 0.1) is 11.3 Å². The molecule has 1 aromatic heterocycles. The number of nitrogens with zero attached hydrogens (tertiary/aromatic N) is 3. The number of benzene rings is 2. The maximum Gasteiger partial charge on any atom is 0.329 e. The summed E-state index contributed by atoms with van der Waals surface area (Å²) in [6.07, 6.45) is 2.09. The summed E-state index contributed by atoms with van der Waals surface area (Å²) in [5, 5.41) is 13.2. The van der Waals surface area contributed by atoms with Crippen LogP contribution in [0.4, 0.5) is 25.0 Å². The minimum Gasteiger partial charge on any atom is -0.447 e. The number of halogens is 2. The number of aromatic nitrogens is 1. The Bertz CT molecular complexity index is 1170. The van der Waals surface area contributed by atoms with E-state index >= 15 is 0 Å². The second-order valence-electron chi connectivity index (χ2n) is 6.53. The molecular weight excluding hydrogens is 426 g/mol. The number of hydrogen-bond acceptors (Lipinski definition) is 6. The van der Waals surface area contributed by atoms with Crippen LogP contribution in [0.15, 0.2) is 60.9 Å². The number of carbonyl (C=O) groups is 2. The summed E-state index contributed by atoms with van der Waals surface area (Å²) in [5.41, 5.74) is 0.176. The topological polar surface area (TPSA) is 115 Å². The zero-order valence-corrected chi connectivity index (χ0v) is 16.6. The molecule has 3 amide bonds. The van der Waals surface area contributed by atoms with Crippen molar-refractivity contribution in [2.75, 3.05) is 11.9 Å². The SMILES string of the molecule is CN(C(=O)NC(=O)Cc1ccc(F)cc1)c1ccc(Oc2ccncc2[N+](=O)[O-])c(F)c1. The summed E-state index contributed by atoms with van der Waals surface area (Å²) < 4.78 is 32.7. The molecule has 0 spiro atoms. The van der Waals surface area contributed by atoms with Crippen LogP contribution in [0, 0.1) is 21.7 Å². The Hall–Kier alpha value is -4.41. The van der Waals surface area contributed by atoms with Gasteiger partial charge < -0.3 is 4.74 Å². The van der Waals surface area contributed by atoms with Gasteiger partial charge in [0.1, 0.15) is 12.0 Å². The van der Waals surface area contributed by atoms with Crippen molar-refractivity contribution in [3.05, 3.63) is 88.2 Å². The van der Waals surface area contributed by atoms with Crippen molar-refractivity contribution in [1.82, 2.24) is 10.3 Å². The average Bonchev–Trinajstić information content (AvgIpc) is 2.76. The Kier molecular flexibility index (Phi) is 6.68. The molecule has 0 unspecified atom stereocenters. The van der Waals surface area contributed by atoms with E-state index in [1.54, 1.807) is 0 Å². The van der Waals surface area contributed by atoms with Crippen molar-refractivity contribution in [3.63, 3.8) is 0 Å². The van der Waals surface area contributed by atoms with E-state index in [-0.39, 0.29) is 23.6 Å². The predicted molar refractivity (Wildman–Crippen MR) is 109 cm³/mol. The number of ether oxygens (including phenoxy) is 1. The third-order valence-electron chi connectivity index (χ3n) is 4.31. The molecule has 0 aliphatic heterocycles. The smallest absolute Gasteiger partial charge is 0.329 e. The first-order valence-corrected chi connectivity index (χ1v) is 9.12. The van der Waals surface area contributed by atoms with E-state index < -0.39 is 34.2 Å². The van der Waals surface area contributed by atoms with Gasteiger partial charge in [0.15, 0.2) is 11.6 Å². The molecule has 0 radical (unpaired) electrons. The van der Waals surface area contributed by atoms with Crippen molar-refractivity contribution in [2.45, 2.75) is 6.42 Å². The molecule has 0 bridgehead atoms. The molecule has 9 nitrogen and oxygen atoms in total. The molecule has 0 saturated heterocycles. The molecule has 0 saturated carbocycles. The Morgan fingerprint density at radius 2 is 1.84 bits per heavy atom. The van der Waals surface area contributed by atoms with Gasteiger partial charge in [0.2, 0.25) is 11.7 Å². The number of anilines is 1. The van der Waals surface area contributed by atoms with Crippen LogP contribution in [0.25, 0.3) is 0 Å². The van der Waals surface area contributed by atoms with E-state index in [1.807, 2.05) is 0 Å². The maximum absolute atomic E-state index is 14.5. The second kappa shape index (κ2) is 9.60. The molecule has 164 valence electrons. The quantitative estimate of drug-likeness (QED) is 0.456. The number of urea groups is 1. The van der Waals surface area contributed by atoms with Crippen LogP contribution >= 0.6 is 0 Å². The van der Waals surface area contributed by atoms with Gasteiger partial charge in [0.25, 0.3) is 0 Å². The van der Waals surface area contributed by atoms with Gasteiger partial charge in [-0.05, 0) is 29.8 Å². The standard InChI is InChI=1S/C21H16F2N4O5/c1-26(21(29)25-20(28)10-13-2-4-14(22)5-3-13)15-6-7-18(16(23)11-15)32-19-8-9-24-12-17(19)27(30)31/h2-9,11-12H,10H2,1H3,(H,25,28,29). The normalized spacial score (nSPS) is 10.3. The van der Waals surface area contributed by atoms with Crippen LogP contribution < -0.4 is 15.0 Å². The summed E-state index contributed by atoms with van der Waals surface area (Å²) in [4.78, 5) is 39.3. The second-order valence-corrected chi connectivity index (χ2v) is 6.53. The van der Waals surface area contributed by atoms with Crippen LogP contribution in [-0.2, 0) is 11.2 Å². The zero-order valence-electron chi connectivity index (χ0n) is 16.6. The van der Waals surface area contributed by atoms with E-state index in [1.165, 1.54) is 55.7 Å². The van der Waals surface area contributed by atoms with E-state index in [4.69, 9.17) is 4.74 Å². The lowest BCUT2D eigenvalue weighted by Gasteiger charge is -2.18. The minimum absolute atomic E-state index is 0.103. The molecule has 32 heavy (non-hydrogen) atoms. The molecule has 0 fully saturated rings. The number of nitro groups is 1.